The highest BCUT2D eigenvalue weighted by Gasteiger charge is 2.55. The largest absolute Gasteiger partial charge is 0.355 e. The maximum Gasteiger partial charge on any atom is 0.280 e. The zero-order chi connectivity index (χ0) is 19.3. The molecule has 2 aromatic heterocycles. The molecule has 4 N–H and O–H groups in total. The highest BCUT2D eigenvalue weighted by atomic mass is 16.8. The number of ether oxygens (including phenoxy) is 3. The van der Waals surface area contributed by atoms with Gasteiger partial charge in [0.2, 0.25) is 5.95 Å². The smallest absolute Gasteiger partial charge is 0.280 e. The van der Waals surface area contributed by atoms with Gasteiger partial charge in [-0.25, -0.2) is 4.98 Å². The number of hydrogen-bond acceptors (Lipinski definition) is 8. The second kappa shape index (κ2) is 6.55. The third-order valence-electron chi connectivity index (χ3n) is 4.74. The Hall–Kier alpha value is -2.01. The maximum atomic E-state index is 12.4. The number of imidazole rings is 1. The summed E-state index contributed by atoms with van der Waals surface area (Å²) in [5, 5.41) is 3.14. The Labute approximate surface area is 156 Å². The summed E-state index contributed by atoms with van der Waals surface area (Å²) in [5.41, 5.74) is 6.23. The van der Waals surface area contributed by atoms with Gasteiger partial charge < -0.3 is 25.3 Å². The average molecular weight is 378 g/mol. The van der Waals surface area contributed by atoms with Gasteiger partial charge in [0, 0.05) is 13.1 Å². The average Bonchev–Trinajstić information content (AvgIpc) is 3.23. The Balaban J connectivity index is 1.72. The fourth-order valence-electron chi connectivity index (χ4n) is 3.57. The molecule has 4 heterocycles. The molecule has 4 rings (SSSR count). The summed E-state index contributed by atoms with van der Waals surface area (Å²) >= 11 is 0. The van der Waals surface area contributed by atoms with E-state index >= 15 is 0 Å². The van der Waals surface area contributed by atoms with Crippen LogP contribution in [0.3, 0.4) is 0 Å². The molecule has 0 bridgehead atoms. The van der Waals surface area contributed by atoms with Gasteiger partial charge in [-0.3, -0.25) is 14.3 Å². The molecule has 0 amide bonds. The van der Waals surface area contributed by atoms with E-state index < -0.39 is 12.0 Å². The highest BCUT2D eigenvalue weighted by molar-refractivity contribution is 5.71. The van der Waals surface area contributed by atoms with Crippen LogP contribution in [0, 0.1) is 5.92 Å². The zero-order valence-corrected chi connectivity index (χ0v) is 15.9. The number of nitrogens with two attached hydrogens (primary N) is 1. The lowest BCUT2D eigenvalue weighted by molar-refractivity contribution is -0.195. The van der Waals surface area contributed by atoms with Crippen molar-refractivity contribution >= 4 is 17.1 Å². The number of rotatable bonds is 5. The fraction of sp³-hybridized carbons (Fsp3) is 0.706. The van der Waals surface area contributed by atoms with E-state index in [9.17, 15) is 4.79 Å². The molecular formula is C17H26N6O4. The molecule has 4 atom stereocenters. The van der Waals surface area contributed by atoms with Gasteiger partial charge in [-0.05, 0) is 19.8 Å². The first-order valence-electron chi connectivity index (χ1n) is 9.21. The number of H-pyrrole nitrogens is 1. The van der Waals surface area contributed by atoms with Crippen LogP contribution in [-0.4, -0.2) is 56.7 Å². The van der Waals surface area contributed by atoms with Gasteiger partial charge in [0.1, 0.15) is 18.3 Å². The van der Waals surface area contributed by atoms with E-state index in [0.717, 1.165) is 0 Å². The number of hydrogen-bond donors (Lipinski definition) is 3. The molecule has 1 unspecified atom stereocenters. The Morgan fingerprint density at radius 1 is 1.37 bits per heavy atom. The molecular weight excluding hydrogens is 352 g/mol. The van der Waals surface area contributed by atoms with Crippen LogP contribution in [0.4, 0.5) is 5.95 Å². The molecule has 10 nitrogen and oxygen atoms in total. The molecule has 2 aliphatic heterocycles. The third kappa shape index (κ3) is 3.22. The van der Waals surface area contributed by atoms with Crippen molar-refractivity contribution in [2.45, 2.75) is 58.0 Å². The minimum Gasteiger partial charge on any atom is -0.355 e. The fourth-order valence-corrected chi connectivity index (χ4v) is 3.57. The van der Waals surface area contributed by atoms with Gasteiger partial charge in [-0.2, -0.15) is 4.98 Å². The van der Waals surface area contributed by atoms with Crippen molar-refractivity contribution in [1.82, 2.24) is 19.5 Å². The van der Waals surface area contributed by atoms with Crippen LogP contribution in [-0.2, 0) is 14.2 Å². The Bertz CT molecular complexity index is 891. The van der Waals surface area contributed by atoms with Crippen molar-refractivity contribution in [3.8, 4) is 0 Å². The van der Waals surface area contributed by atoms with Gasteiger partial charge in [0.05, 0.1) is 6.33 Å². The molecule has 0 spiro atoms. The van der Waals surface area contributed by atoms with E-state index in [0.29, 0.717) is 30.6 Å². The van der Waals surface area contributed by atoms with Gasteiger partial charge in [0.25, 0.3) is 5.56 Å². The quantitative estimate of drug-likeness (QED) is 0.688. The molecule has 2 fully saturated rings. The molecule has 2 aromatic rings. The second-order valence-electron chi connectivity index (χ2n) is 7.88. The number of aromatic nitrogens is 4. The maximum absolute atomic E-state index is 12.4. The summed E-state index contributed by atoms with van der Waals surface area (Å²) < 4.78 is 19.8. The van der Waals surface area contributed by atoms with Crippen LogP contribution in [0.15, 0.2) is 11.1 Å². The Morgan fingerprint density at radius 2 is 2.11 bits per heavy atom. The molecule has 2 aliphatic rings. The molecule has 0 saturated carbocycles. The first-order valence-corrected chi connectivity index (χ1v) is 9.21. The molecule has 2 saturated heterocycles. The monoisotopic (exact) mass is 378 g/mol. The van der Waals surface area contributed by atoms with Gasteiger partial charge in [-0.15, -0.1) is 0 Å². The van der Waals surface area contributed by atoms with E-state index in [1.807, 2.05) is 13.8 Å². The summed E-state index contributed by atoms with van der Waals surface area (Å²) in [5.74, 6) is 0.0824. The lowest BCUT2D eigenvalue weighted by atomic mass is 10.1. The molecule has 27 heavy (non-hydrogen) atoms. The van der Waals surface area contributed by atoms with Crippen LogP contribution in [0.2, 0.25) is 0 Å². The van der Waals surface area contributed by atoms with E-state index in [1.165, 1.54) is 0 Å². The van der Waals surface area contributed by atoms with Crippen LogP contribution in [0.25, 0.3) is 11.2 Å². The van der Waals surface area contributed by atoms with Crippen molar-refractivity contribution in [3.05, 3.63) is 16.7 Å². The van der Waals surface area contributed by atoms with Crippen molar-refractivity contribution in [3.63, 3.8) is 0 Å². The standard InChI is InChI=1S/C17H26N6O4/c1-8(2)6-19-16-21-13-10(14(24)22-16)20-7-23(13)15-12-11(9(5-18)25-15)26-17(3,4)27-12/h7-9,11-12,15H,5-6,18H2,1-4H3,(H2,19,21,22,24)/t9-,11?,12+,15-/m1/s1. The number of fused-ring (bicyclic) bond motifs is 2. The van der Waals surface area contributed by atoms with Gasteiger partial charge in [-0.1, -0.05) is 13.8 Å². The normalized spacial score (nSPS) is 29.6. The Kier molecular flexibility index (Phi) is 4.46. The van der Waals surface area contributed by atoms with E-state index in [1.54, 1.807) is 10.9 Å². The molecule has 0 radical (unpaired) electrons. The topological polar surface area (TPSA) is 129 Å². The van der Waals surface area contributed by atoms with Gasteiger partial charge in [0.15, 0.2) is 23.2 Å². The van der Waals surface area contributed by atoms with Crippen molar-refractivity contribution < 1.29 is 14.2 Å². The van der Waals surface area contributed by atoms with Crippen LogP contribution >= 0.6 is 0 Å². The minimum atomic E-state index is -0.726. The van der Waals surface area contributed by atoms with Crippen molar-refractivity contribution in [2.24, 2.45) is 11.7 Å². The van der Waals surface area contributed by atoms with E-state index in [-0.39, 0.29) is 29.4 Å². The first-order chi connectivity index (χ1) is 12.8. The first kappa shape index (κ1) is 18.4. The van der Waals surface area contributed by atoms with Crippen molar-refractivity contribution in [2.75, 3.05) is 18.4 Å². The molecule has 0 aromatic carbocycles. The summed E-state index contributed by atoms with van der Waals surface area (Å²) in [7, 11) is 0. The Morgan fingerprint density at radius 3 is 2.81 bits per heavy atom. The molecule has 0 aliphatic carbocycles. The third-order valence-corrected chi connectivity index (χ3v) is 4.74. The van der Waals surface area contributed by atoms with Crippen LogP contribution in [0.5, 0.6) is 0 Å². The van der Waals surface area contributed by atoms with Gasteiger partial charge >= 0.3 is 0 Å². The van der Waals surface area contributed by atoms with E-state index in [4.69, 9.17) is 19.9 Å². The summed E-state index contributed by atoms with van der Waals surface area (Å²) in [4.78, 5) is 23.9. The number of nitrogens with zero attached hydrogens (tertiary/aromatic N) is 3. The summed E-state index contributed by atoms with van der Waals surface area (Å²) in [6.45, 7) is 8.86. The number of aromatic amines is 1. The predicted molar refractivity (Wildman–Crippen MR) is 98.3 cm³/mol. The minimum absolute atomic E-state index is 0.250. The number of anilines is 1. The highest BCUT2D eigenvalue weighted by Crippen LogP contribution is 2.43. The van der Waals surface area contributed by atoms with Crippen LogP contribution < -0.4 is 16.6 Å². The van der Waals surface area contributed by atoms with Crippen LogP contribution in [0.1, 0.15) is 33.9 Å². The SMILES string of the molecule is CC(C)CNc1nc2c(ncn2[C@@H]2O[C@H](CN)C3OC(C)(C)O[C@@H]32)c(=O)[nH]1. The second-order valence-corrected chi connectivity index (χ2v) is 7.88. The predicted octanol–water partition coefficient (Wildman–Crippen LogP) is 0.564. The zero-order valence-electron chi connectivity index (χ0n) is 15.9. The summed E-state index contributed by atoms with van der Waals surface area (Å²) in [6.07, 6.45) is 0.0727. The summed E-state index contributed by atoms with van der Waals surface area (Å²) in [6, 6.07) is 0. The molecule has 148 valence electrons. The lowest BCUT2D eigenvalue weighted by Gasteiger charge is -2.24. The number of nitrogens with one attached hydrogen (secondary N) is 2. The lowest BCUT2D eigenvalue weighted by Crippen LogP contribution is -2.34. The van der Waals surface area contributed by atoms with E-state index in [2.05, 4.69) is 34.1 Å². The van der Waals surface area contributed by atoms with Crippen molar-refractivity contribution in [1.29, 1.82) is 0 Å². The molecule has 10 heteroatoms.